The van der Waals surface area contributed by atoms with E-state index in [9.17, 15) is 8.42 Å². The standard InChI is InChI=1S/C14H21NO3S/c1-18-14-12(10-11-6-8-15-9-7-11)4-3-5-13(14)19(2,16)17/h3-5,11,15H,6-10H2,1-2H3. The first-order valence-corrected chi connectivity index (χ1v) is 8.48. The van der Waals surface area contributed by atoms with Crippen LogP contribution < -0.4 is 10.1 Å². The zero-order valence-corrected chi connectivity index (χ0v) is 12.3. The van der Waals surface area contributed by atoms with E-state index in [0.29, 0.717) is 16.6 Å². The molecule has 1 aliphatic heterocycles. The number of para-hydroxylation sites is 1. The summed E-state index contributed by atoms with van der Waals surface area (Å²) < 4.78 is 28.9. The zero-order valence-electron chi connectivity index (χ0n) is 11.5. The van der Waals surface area contributed by atoms with Gasteiger partial charge >= 0.3 is 0 Å². The fourth-order valence-electron chi connectivity index (χ4n) is 2.64. The van der Waals surface area contributed by atoms with Gasteiger partial charge in [0, 0.05) is 6.26 Å². The van der Waals surface area contributed by atoms with Gasteiger partial charge in [-0.1, -0.05) is 12.1 Å². The van der Waals surface area contributed by atoms with Gasteiger partial charge in [-0.25, -0.2) is 8.42 Å². The van der Waals surface area contributed by atoms with Crippen LogP contribution in [0.15, 0.2) is 23.1 Å². The minimum absolute atomic E-state index is 0.293. The maximum absolute atomic E-state index is 11.8. The molecule has 1 aliphatic rings. The molecule has 0 aromatic heterocycles. The average Bonchev–Trinajstić information content (AvgIpc) is 2.38. The second-order valence-electron chi connectivity index (χ2n) is 5.12. The molecule has 106 valence electrons. The predicted octanol–water partition coefficient (Wildman–Crippen LogP) is 1.64. The van der Waals surface area contributed by atoms with Crippen molar-refractivity contribution in [3.8, 4) is 5.75 Å². The highest BCUT2D eigenvalue weighted by Crippen LogP contribution is 2.31. The summed E-state index contributed by atoms with van der Waals surface area (Å²) in [4.78, 5) is 0.293. The number of hydrogen-bond donors (Lipinski definition) is 1. The van der Waals surface area contributed by atoms with Gasteiger partial charge in [0.2, 0.25) is 0 Å². The molecular formula is C14H21NO3S. The second kappa shape index (κ2) is 5.92. The molecule has 1 heterocycles. The van der Waals surface area contributed by atoms with E-state index >= 15 is 0 Å². The van der Waals surface area contributed by atoms with Crippen molar-refractivity contribution in [3.63, 3.8) is 0 Å². The Morgan fingerprint density at radius 1 is 1.32 bits per heavy atom. The van der Waals surface area contributed by atoms with E-state index in [2.05, 4.69) is 5.32 Å². The van der Waals surface area contributed by atoms with Crippen molar-refractivity contribution in [1.82, 2.24) is 5.32 Å². The van der Waals surface area contributed by atoms with Crippen molar-refractivity contribution in [2.45, 2.75) is 24.2 Å². The number of piperidine rings is 1. The fraction of sp³-hybridized carbons (Fsp3) is 0.571. The molecule has 0 aliphatic carbocycles. The topological polar surface area (TPSA) is 55.4 Å². The van der Waals surface area contributed by atoms with Crippen LogP contribution in [0.4, 0.5) is 0 Å². The number of benzene rings is 1. The lowest BCUT2D eigenvalue weighted by Gasteiger charge is -2.23. The Bertz CT molecular complexity index is 534. The van der Waals surface area contributed by atoms with Gasteiger partial charge in [0.15, 0.2) is 9.84 Å². The minimum Gasteiger partial charge on any atom is -0.495 e. The van der Waals surface area contributed by atoms with Gasteiger partial charge in [-0.2, -0.15) is 0 Å². The SMILES string of the molecule is COc1c(CC2CCNCC2)cccc1S(C)(=O)=O. The smallest absolute Gasteiger partial charge is 0.179 e. The molecule has 1 N–H and O–H groups in total. The molecule has 1 fully saturated rings. The van der Waals surface area contributed by atoms with Crippen LogP contribution in [0.25, 0.3) is 0 Å². The van der Waals surface area contributed by atoms with E-state index in [4.69, 9.17) is 4.74 Å². The highest BCUT2D eigenvalue weighted by atomic mass is 32.2. The third-order valence-electron chi connectivity index (χ3n) is 3.63. The van der Waals surface area contributed by atoms with Crippen LogP contribution in [-0.4, -0.2) is 34.9 Å². The third kappa shape index (κ3) is 3.48. The molecule has 19 heavy (non-hydrogen) atoms. The normalized spacial score (nSPS) is 17.4. The first-order chi connectivity index (χ1) is 9.02. The number of hydrogen-bond acceptors (Lipinski definition) is 4. The van der Waals surface area contributed by atoms with Crippen molar-refractivity contribution < 1.29 is 13.2 Å². The van der Waals surface area contributed by atoms with Crippen LogP contribution in [0.2, 0.25) is 0 Å². The zero-order chi connectivity index (χ0) is 13.9. The average molecular weight is 283 g/mol. The summed E-state index contributed by atoms with van der Waals surface area (Å²) in [5.41, 5.74) is 0.998. The number of sulfone groups is 1. The molecule has 0 spiro atoms. The molecule has 5 heteroatoms. The minimum atomic E-state index is -3.25. The molecule has 1 saturated heterocycles. The summed E-state index contributed by atoms with van der Waals surface area (Å²) in [6, 6.07) is 5.38. The van der Waals surface area contributed by atoms with Gasteiger partial charge in [-0.3, -0.25) is 0 Å². The summed E-state index contributed by atoms with van der Waals surface area (Å²) in [7, 11) is -1.71. The van der Waals surface area contributed by atoms with Crippen LogP contribution in [0.1, 0.15) is 18.4 Å². The Morgan fingerprint density at radius 3 is 2.58 bits per heavy atom. The van der Waals surface area contributed by atoms with Gasteiger partial charge in [0.1, 0.15) is 10.6 Å². The van der Waals surface area contributed by atoms with Crippen LogP contribution in [0, 0.1) is 5.92 Å². The molecule has 0 radical (unpaired) electrons. The Hall–Kier alpha value is -1.07. The monoisotopic (exact) mass is 283 g/mol. The van der Waals surface area contributed by atoms with E-state index in [1.54, 1.807) is 12.1 Å². The van der Waals surface area contributed by atoms with E-state index in [1.165, 1.54) is 13.4 Å². The quantitative estimate of drug-likeness (QED) is 0.912. The Kier molecular flexibility index (Phi) is 4.47. The molecule has 0 atom stereocenters. The first-order valence-electron chi connectivity index (χ1n) is 6.59. The molecule has 0 bridgehead atoms. The van der Waals surface area contributed by atoms with Crippen molar-refractivity contribution in [3.05, 3.63) is 23.8 Å². The predicted molar refractivity (Wildman–Crippen MR) is 75.4 cm³/mol. The van der Waals surface area contributed by atoms with Gasteiger partial charge in [-0.15, -0.1) is 0 Å². The van der Waals surface area contributed by atoms with Crippen molar-refractivity contribution in [2.75, 3.05) is 26.5 Å². The van der Waals surface area contributed by atoms with E-state index in [0.717, 1.165) is 37.9 Å². The Balaban J connectivity index is 2.29. The molecule has 1 aromatic rings. The number of rotatable bonds is 4. The highest BCUT2D eigenvalue weighted by Gasteiger charge is 2.20. The first kappa shape index (κ1) is 14.3. The molecule has 4 nitrogen and oxygen atoms in total. The lowest BCUT2D eigenvalue weighted by Crippen LogP contribution is -2.28. The lowest BCUT2D eigenvalue weighted by molar-refractivity contribution is 0.358. The fourth-order valence-corrected chi connectivity index (χ4v) is 3.52. The molecular weight excluding hydrogens is 262 g/mol. The largest absolute Gasteiger partial charge is 0.495 e. The Morgan fingerprint density at radius 2 is 2.00 bits per heavy atom. The third-order valence-corrected chi connectivity index (χ3v) is 4.75. The van der Waals surface area contributed by atoms with Crippen molar-refractivity contribution >= 4 is 9.84 Å². The lowest BCUT2D eigenvalue weighted by atomic mass is 9.90. The summed E-state index contributed by atoms with van der Waals surface area (Å²) >= 11 is 0. The Labute approximate surface area is 115 Å². The summed E-state index contributed by atoms with van der Waals surface area (Å²) in [5.74, 6) is 1.12. The second-order valence-corrected chi connectivity index (χ2v) is 7.10. The highest BCUT2D eigenvalue weighted by molar-refractivity contribution is 7.90. The van der Waals surface area contributed by atoms with E-state index < -0.39 is 9.84 Å². The summed E-state index contributed by atoms with van der Waals surface area (Å²) in [6.07, 6.45) is 4.37. The molecule has 0 amide bonds. The van der Waals surface area contributed by atoms with Crippen LogP contribution in [0.3, 0.4) is 0 Å². The number of methoxy groups -OCH3 is 1. The van der Waals surface area contributed by atoms with Crippen LogP contribution in [0.5, 0.6) is 5.75 Å². The van der Waals surface area contributed by atoms with E-state index in [1.807, 2.05) is 6.07 Å². The maximum Gasteiger partial charge on any atom is 0.179 e. The van der Waals surface area contributed by atoms with Gasteiger partial charge in [-0.05, 0) is 49.9 Å². The van der Waals surface area contributed by atoms with Crippen LogP contribution >= 0.6 is 0 Å². The van der Waals surface area contributed by atoms with Crippen molar-refractivity contribution in [1.29, 1.82) is 0 Å². The molecule has 1 aromatic carbocycles. The van der Waals surface area contributed by atoms with Gasteiger partial charge in [0.25, 0.3) is 0 Å². The molecule has 0 unspecified atom stereocenters. The van der Waals surface area contributed by atoms with Gasteiger partial charge < -0.3 is 10.1 Å². The summed E-state index contributed by atoms with van der Waals surface area (Å²) in [5, 5.41) is 3.34. The number of nitrogens with one attached hydrogen (secondary N) is 1. The van der Waals surface area contributed by atoms with Crippen LogP contribution in [-0.2, 0) is 16.3 Å². The number of ether oxygens (including phenoxy) is 1. The van der Waals surface area contributed by atoms with E-state index in [-0.39, 0.29) is 0 Å². The molecule has 0 saturated carbocycles. The summed E-state index contributed by atoms with van der Waals surface area (Å²) in [6.45, 7) is 2.08. The maximum atomic E-state index is 11.8. The molecule has 2 rings (SSSR count). The van der Waals surface area contributed by atoms with Gasteiger partial charge in [0.05, 0.1) is 7.11 Å². The van der Waals surface area contributed by atoms with Crippen molar-refractivity contribution in [2.24, 2.45) is 5.92 Å².